The molecule has 0 aromatic heterocycles. The van der Waals surface area contributed by atoms with Crippen molar-refractivity contribution in [2.24, 2.45) is 5.92 Å². The summed E-state index contributed by atoms with van der Waals surface area (Å²) in [6.45, 7) is 10.6. The van der Waals surface area contributed by atoms with Crippen molar-refractivity contribution in [1.82, 2.24) is 0 Å². The Kier molecular flexibility index (Phi) is 7.23. The summed E-state index contributed by atoms with van der Waals surface area (Å²) in [4.78, 5) is 0. The predicted octanol–water partition coefficient (Wildman–Crippen LogP) is 4.56. The number of allylic oxidation sites excluding steroid dienone is 1. The zero-order valence-electron chi connectivity index (χ0n) is 9.03. The first-order valence-corrected chi connectivity index (χ1v) is 5.27. The lowest BCUT2D eigenvalue weighted by Gasteiger charge is -2.03. The molecule has 0 nitrogen and oxygen atoms in total. The normalized spacial score (nSPS) is 10.7. The van der Waals surface area contributed by atoms with Crippen LogP contribution in [0.2, 0.25) is 0 Å². The van der Waals surface area contributed by atoms with Gasteiger partial charge in [0.25, 0.3) is 0 Å². The van der Waals surface area contributed by atoms with Crippen LogP contribution in [0.4, 0.5) is 0 Å². The average molecular weight is 168 g/mol. The molecule has 0 aliphatic rings. The first-order chi connectivity index (χ1) is 5.63. The Morgan fingerprint density at radius 2 is 1.67 bits per heavy atom. The van der Waals surface area contributed by atoms with Crippen molar-refractivity contribution in [2.45, 2.75) is 59.3 Å². The minimum absolute atomic E-state index is 0.881. The Bertz CT molecular complexity index is 111. The first kappa shape index (κ1) is 11.7. The molecule has 0 rings (SSSR count). The molecular weight excluding hydrogens is 144 g/mol. The highest BCUT2D eigenvalue weighted by Crippen LogP contribution is 2.12. The van der Waals surface area contributed by atoms with E-state index in [-0.39, 0.29) is 0 Å². The van der Waals surface area contributed by atoms with Gasteiger partial charge in [0.15, 0.2) is 0 Å². The smallest absolute Gasteiger partial charge is 0.0326 e. The third-order valence-electron chi connectivity index (χ3n) is 2.14. The van der Waals surface area contributed by atoms with Gasteiger partial charge in [-0.25, -0.2) is 0 Å². The minimum Gasteiger partial charge on any atom is -0.100 e. The first-order valence-electron chi connectivity index (χ1n) is 5.27. The van der Waals surface area contributed by atoms with Crippen LogP contribution in [0.1, 0.15) is 59.3 Å². The Labute approximate surface area is 78.1 Å². The third-order valence-corrected chi connectivity index (χ3v) is 2.14. The van der Waals surface area contributed by atoms with Gasteiger partial charge in [-0.05, 0) is 25.7 Å². The standard InChI is InChI=1S/C12H24/c1-11(2)9-7-5-6-8-10-12(3)4/h12H,1,5-10H2,2-4H3. The van der Waals surface area contributed by atoms with Gasteiger partial charge in [-0.15, -0.1) is 6.58 Å². The zero-order chi connectivity index (χ0) is 9.40. The van der Waals surface area contributed by atoms with Gasteiger partial charge in [-0.2, -0.15) is 0 Å². The molecule has 0 atom stereocenters. The summed E-state index contributed by atoms with van der Waals surface area (Å²) < 4.78 is 0. The second-order valence-corrected chi connectivity index (χ2v) is 4.30. The van der Waals surface area contributed by atoms with E-state index in [2.05, 4.69) is 27.4 Å². The zero-order valence-corrected chi connectivity index (χ0v) is 9.03. The molecule has 12 heavy (non-hydrogen) atoms. The molecule has 0 fully saturated rings. The van der Waals surface area contributed by atoms with Gasteiger partial charge in [-0.3, -0.25) is 0 Å². The topological polar surface area (TPSA) is 0 Å². The highest BCUT2D eigenvalue weighted by atomic mass is 14.0. The molecule has 0 amide bonds. The van der Waals surface area contributed by atoms with Gasteiger partial charge >= 0.3 is 0 Å². The summed E-state index contributed by atoms with van der Waals surface area (Å²) in [5.74, 6) is 0.881. The van der Waals surface area contributed by atoms with Gasteiger partial charge in [0.2, 0.25) is 0 Å². The van der Waals surface area contributed by atoms with E-state index in [1.54, 1.807) is 0 Å². The fourth-order valence-electron chi connectivity index (χ4n) is 1.33. The van der Waals surface area contributed by atoms with Crippen LogP contribution in [0, 0.1) is 5.92 Å². The van der Waals surface area contributed by atoms with Crippen LogP contribution in [0.25, 0.3) is 0 Å². The molecule has 0 aromatic carbocycles. The monoisotopic (exact) mass is 168 g/mol. The highest BCUT2D eigenvalue weighted by Gasteiger charge is 1.94. The van der Waals surface area contributed by atoms with E-state index in [9.17, 15) is 0 Å². The molecule has 0 bridgehead atoms. The predicted molar refractivity (Wildman–Crippen MR) is 57.4 cm³/mol. The van der Waals surface area contributed by atoms with Crippen LogP contribution in [-0.4, -0.2) is 0 Å². The molecule has 0 saturated carbocycles. The van der Waals surface area contributed by atoms with Crippen molar-refractivity contribution in [2.75, 3.05) is 0 Å². The van der Waals surface area contributed by atoms with Crippen LogP contribution in [0.3, 0.4) is 0 Å². The van der Waals surface area contributed by atoms with E-state index in [1.807, 2.05) is 0 Å². The minimum atomic E-state index is 0.881. The Morgan fingerprint density at radius 3 is 2.17 bits per heavy atom. The molecule has 0 aliphatic carbocycles. The lowest BCUT2D eigenvalue weighted by molar-refractivity contribution is 0.520. The molecule has 0 N–H and O–H groups in total. The second-order valence-electron chi connectivity index (χ2n) is 4.30. The number of unbranched alkanes of at least 4 members (excludes halogenated alkanes) is 3. The number of hydrogen-bond acceptors (Lipinski definition) is 0. The summed E-state index contributed by atoms with van der Waals surface area (Å²) in [5, 5.41) is 0. The maximum Gasteiger partial charge on any atom is -0.0326 e. The van der Waals surface area contributed by atoms with Crippen LogP contribution < -0.4 is 0 Å². The summed E-state index contributed by atoms with van der Waals surface area (Å²) >= 11 is 0. The van der Waals surface area contributed by atoms with Crippen LogP contribution in [-0.2, 0) is 0 Å². The summed E-state index contributed by atoms with van der Waals surface area (Å²) in [6.07, 6.45) is 8.17. The number of hydrogen-bond donors (Lipinski definition) is 0. The van der Waals surface area contributed by atoms with Crippen LogP contribution in [0.5, 0.6) is 0 Å². The summed E-state index contributed by atoms with van der Waals surface area (Å²) in [6, 6.07) is 0. The summed E-state index contributed by atoms with van der Waals surface area (Å²) in [5.41, 5.74) is 1.33. The van der Waals surface area contributed by atoms with E-state index in [0.29, 0.717) is 0 Å². The lowest BCUT2D eigenvalue weighted by Crippen LogP contribution is -1.87. The Balaban J connectivity index is 2.96. The SMILES string of the molecule is C=C(C)CCCCCCC(C)C. The molecule has 0 aliphatic heterocycles. The van der Waals surface area contributed by atoms with Crippen LogP contribution in [0.15, 0.2) is 12.2 Å². The van der Waals surface area contributed by atoms with Gasteiger partial charge in [-0.1, -0.05) is 45.1 Å². The molecule has 0 heteroatoms. The van der Waals surface area contributed by atoms with E-state index in [1.165, 1.54) is 44.1 Å². The maximum absolute atomic E-state index is 3.90. The fourth-order valence-corrected chi connectivity index (χ4v) is 1.33. The Hall–Kier alpha value is -0.260. The van der Waals surface area contributed by atoms with E-state index in [4.69, 9.17) is 0 Å². The van der Waals surface area contributed by atoms with Crippen molar-refractivity contribution < 1.29 is 0 Å². The molecular formula is C12H24. The molecule has 0 heterocycles. The van der Waals surface area contributed by atoms with Crippen LogP contribution >= 0.6 is 0 Å². The van der Waals surface area contributed by atoms with Crippen molar-refractivity contribution in [3.05, 3.63) is 12.2 Å². The fraction of sp³-hybridized carbons (Fsp3) is 0.833. The largest absolute Gasteiger partial charge is 0.100 e. The number of rotatable bonds is 7. The van der Waals surface area contributed by atoms with Gasteiger partial charge in [0.1, 0.15) is 0 Å². The van der Waals surface area contributed by atoms with Gasteiger partial charge in [0, 0.05) is 0 Å². The summed E-state index contributed by atoms with van der Waals surface area (Å²) in [7, 11) is 0. The lowest BCUT2D eigenvalue weighted by atomic mass is 10.0. The second kappa shape index (κ2) is 7.39. The molecule has 0 aromatic rings. The molecule has 0 spiro atoms. The Morgan fingerprint density at radius 1 is 1.08 bits per heavy atom. The quantitative estimate of drug-likeness (QED) is 0.386. The average Bonchev–Trinajstić information content (AvgIpc) is 1.95. The molecule has 0 radical (unpaired) electrons. The third kappa shape index (κ3) is 9.74. The molecule has 72 valence electrons. The van der Waals surface area contributed by atoms with Gasteiger partial charge in [0.05, 0.1) is 0 Å². The van der Waals surface area contributed by atoms with Crippen molar-refractivity contribution in [1.29, 1.82) is 0 Å². The van der Waals surface area contributed by atoms with Gasteiger partial charge < -0.3 is 0 Å². The maximum atomic E-state index is 3.90. The molecule has 0 saturated heterocycles. The van der Waals surface area contributed by atoms with Crippen molar-refractivity contribution in [3.63, 3.8) is 0 Å². The highest BCUT2D eigenvalue weighted by molar-refractivity contribution is 4.86. The van der Waals surface area contributed by atoms with E-state index < -0.39 is 0 Å². The van der Waals surface area contributed by atoms with Crippen molar-refractivity contribution >= 4 is 0 Å². The van der Waals surface area contributed by atoms with E-state index >= 15 is 0 Å². The molecule has 0 unspecified atom stereocenters. The van der Waals surface area contributed by atoms with Crippen molar-refractivity contribution in [3.8, 4) is 0 Å². The van der Waals surface area contributed by atoms with E-state index in [0.717, 1.165) is 5.92 Å².